The summed E-state index contributed by atoms with van der Waals surface area (Å²) >= 11 is 6.59. The van der Waals surface area contributed by atoms with Crippen LogP contribution in [-0.4, -0.2) is 4.37 Å². The van der Waals surface area contributed by atoms with Crippen molar-refractivity contribution < 1.29 is 0 Å². The van der Waals surface area contributed by atoms with Gasteiger partial charge in [0.15, 0.2) is 5.82 Å². The molecule has 8 heavy (non-hydrogen) atoms. The number of halogens is 1. The fourth-order valence-electron chi connectivity index (χ4n) is 0.305. The number of nitrogens with zero attached hydrogens (tertiary/aromatic N) is 1. The largest absolute Gasteiger partial charge is 0.388 e. The van der Waals surface area contributed by atoms with Crippen LogP contribution < -0.4 is 11.5 Å². The van der Waals surface area contributed by atoms with Crippen LogP contribution in [0.4, 0.5) is 10.8 Å². The second kappa shape index (κ2) is 1.80. The second-order valence-electron chi connectivity index (χ2n) is 1.25. The molecule has 0 atom stereocenters. The number of hydrogen-bond donors (Lipinski definition) is 2. The van der Waals surface area contributed by atoms with Gasteiger partial charge in [0, 0.05) is 0 Å². The molecule has 1 aromatic rings. The molecule has 0 aliphatic carbocycles. The highest BCUT2D eigenvalue weighted by molar-refractivity contribution is 7.11. The molecule has 1 heterocycles. The molecule has 1 rings (SSSR count). The molecule has 1 aromatic heterocycles. The molecule has 0 aliphatic rings. The van der Waals surface area contributed by atoms with E-state index in [1.54, 1.807) is 0 Å². The third kappa shape index (κ3) is 0.719. The van der Waals surface area contributed by atoms with E-state index >= 15 is 0 Å². The van der Waals surface area contributed by atoms with E-state index in [-0.39, 0.29) is 0 Å². The maximum Gasteiger partial charge on any atom is 0.158 e. The minimum atomic E-state index is 0.314. The number of hydrogen-bond acceptors (Lipinski definition) is 4. The topological polar surface area (TPSA) is 64.9 Å². The summed E-state index contributed by atoms with van der Waals surface area (Å²) in [4.78, 5) is 0. The van der Waals surface area contributed by atoms with Crippen LogP contribution >= 0.6 is 23.1 Å². The predicted octanol–water partition coefficient (Wildman–Crippen LogP) is 0.961. The van der Waals surface area contributed by atoms with Crippen LogP contribution in [0.25, 0.3) is 0 Å². The van der Waals surface area contributed by atoms with Gasteiger partial charge in [-0.05, 0) is 11.5 Å². The first-order chi connectivity index (χ1) is 3.72. The molecule has 0 saturated carbocycles. The molecular weight excluding hydrogens is 146 g/mol. The van der Waals surface area contributed by atoms with Crippen molar-refractivity contribution in [3.05, 3.63) is 5.02 Å². The molecular formula is C3H4ClN3S. The van der Waals surface area contributed by atoms with Crippen LogP contribution in [-0.2, 0) is 0 Å². The van der Waals surface area contributed by atoms with E-state index in [1.807, 2.05) is 0 Å². The van der Waals surface area contributed by atoms with Crippen molar-refractivity contribution in [3.63, 3.8) is 0 Å². The highest BCUT2D eigenvalue weighted by atomic mass is 35.5. The molecule has 0 unspecified atom stereocenters. The third-order valence-electron chi connectivity index (χ3n) is 0.684. The minimum absolute atomic E-state index is 0.314. The molecule has 0 fully saturated rings. The van der Waals surface area contributed by atoms with E-state index in [4.69, 9.17) is 23.1 Å². The Hall–Kier alpha value is -0.480. The van der Waals surface area contributed by atoms with E-state index in [0.29, 0.717) is 15.8 Å². The molecule has 0 aliphatic heterocycles. The molecule has 0 saturated heterocycles. The summed E-state index contributed by atoms with van der Waals surface area (Å²) < 4.78 is 3.68. The first kappa shape index (κ1) is 5.65. The monoisotopic (exact) mass is 149 g/mol. The van der Waals surface area contributed by atoms with Gasteiger partial charge in [0.05, 0.1) is 0 Å². The lowest BCUT2D eigenvalue weighted by Gasteiger charge is -1.81. The average Bonchev–Trinajstić information content (AvgIpc) is 1.98. The Bertz CT molecular complexity index is 177. The van der Waals surface area contributed by atoms with E-state index in [9.17, 15) is 0 Å². The summed E-state index contributed by atoms with van der Waals surface area (Å²) in [6.07, 6.45) is 0. The van der Waals surface area contributed by atoms with E-state index in [1.165, 1.54) is 0 Å². The van der Waals surface area contributed by atoms with Crippen molar-refractivity contribution in [1.29, 1.82) is 0 Å². The van der Waals surface area contributed by atoms with Gasteiger partial charge in [0.2, 0.25) is 0 Å². The van der Waals surface area contributed by atoms with Gasteiger partial charge in [-0.25, -0.2) is 0 Å². The molecule has 3 nitrogen and oxygen atoms in total. The highest BCUT2D eigenvalue weighted by Crippen LogP contribution is 2.27. The first-order valence-corrected chi connectivity index (χ1v) is 3.03. The van der Waals surface area contributed by atoms with Crippen LogP contribution in [0.5, 0.6) is 0 Å². The summed E-state index contributed by atoms with van der Waals surface area (Å²) in [5.74, 6) is 0.314. The summed E-state index contributed by atoms with van der Waals surface area (Å²) in [6.45, 7) is 0. The Morgan fingerprint density at radius 3 is 2.25 bits per heavy atom. The number of rotatable bonds is 0. The zero-order chi connectivity index (χ0) is 6.15. The molecule has 0 radical (unpaired) electrons. The molecule has 4 N–H and O–H groups in total. The lowest BCUT2D eigenvalue weighted by Crippen LogP contribution is -1.84. The zero-order valence-corrected chi connectivity index (χ0v) is 5.46. The summed E-state index contributed by atoms with van der Waals surface area (Å²) in [5.41, 5.74) is 10.5. The third-order valence-corrected chi connectivity index (χ3v) is 1.88. The standard InChI is InChI=1S/C3H4ClN3S/c4-1-2(5)7-8-3(1)6/h6H2,(H2,5,7). The average molecular weight is 150 g/mol. The molecule has 44 valence electrons. The van der Waals surface area contributed by atoms with Crippen LogP contribution in [0.2, 0.25) is 5.02 Å². The minimum Gasteiger partial charge on any atom is -0.388 e. The van der Waals surface area contributed by atoms with Crippen molar-refractivity contribution in [3.8, 4) is 0 Å². The van der Waals surface area contributed by atoms with E-state index in [2.05, 4.69) is 4.37 Å². The van der Waals surface area contributed by atoms with Crippen LogP contribution in [0.15, 0.2) is 0 Å². The maximum absolute atomic E-state index is 5.49. The van der Waals surface area contributed by atoms with Crippen LogP contribution in [0.3, 0.4) is 0 Å². The van der Waals surface area contributed by atoms with Gasteiger partial charge in [0.25, 0.3) is 0 Å². The number of nitrogen functional groups attached to an aromatic ring is 2. The molecule has 0 amide bonds. The van der Waals surface area contributed by atoms with Crippen molar-refractivity contribution in [2.75, 3.05) is 11.5 Å². The van der Waals surface area contributed by atoms with Crippen molar-refractivity contribution in [2.45, 2.75) is 0 Å². The SMILES string of the molecule is Nc1nsc(N)c1Cl. The number of aromatic nitrogens is 1. The maximum atomic E-state index is 5.49. The zero-order valence-electron chi connectivity index (χ0n) is 3.89. The Kier molecular flexibility index (Phi) is 1.27. The van der Waals surface area contributed by atoms with Gasteiger partial charge in [0.1, 0.15) is 10.0 Å². The smallest absolute Gasteiger partial charge is 0.158 e. The fraction of sp³-hybridized carbons (Fsp3) is 0. The summed E-state index contributed by atoms with van der Waals surface area (Å²) in [6, 6.07) is 0. The van der Waals surface area contributed by atoms with E-state index < -0.39 is 0 Å². The van der Waals surface area contributed by atoms with Gasteiger partial charge in [-0.1, -0.05) is 11.6 Å². The van der Waals surface area contributed by atoms with Gasteiger partial charge in [-0.3, -0.25) is 0 Å². The second-order valence-corrected chi connectivity index (χ2v) is 2.43. The highest BCUT2D eigenvalue weighted by Gasteiger charge is 2.02. The lowest BCUT2D eigenvalue weighted by atomic mass is 10.6. The predicted molar refractivity (Wildman–Crippen MR) is 35.9 cm³/mol. The van der Waals surface area contributed by atoms with Crippen LogP contribution in [0.1, 0.15) is 0 Å². The molecule has 0 bridgehead atoms. The molecule has 0 spiro atoms. The number of anilines is 2. The molecule has 5 heteroatoms. The molecule has 0 aromatic carbocycles. The van der Waals surface area contributed by atoms with Crippen molar-refractivity contribution in [2.24, 2.45) is 0 Å². The van der Waals surface area contributed by atoms with Crippen molar-refractivity contribution in [1.82, 2.24) is 4.37 Å². The number of nitrogens with two attached hydrogens (primary N) is 2. The quantitative estimate of drug-likeness (QED) is 0.578. The lowest BCUT2D eigenvalue weighted by molar-refractivity contribution is 1.56. The first-order valence-electron chi connectivity index (χ1n) is 1.88. The Morgan fingerprint density at radius 1 is 1.50 bits per heavy atom. The Labute approximate surface area is 55.4 Å². The van der Waals surface area contributed by atoms with Crippen molar-refractivity contribution >= 4 is 34.0 Å². The Morgan fingerprint density at radius 2 is 2.12 bits per heavy atom. The Balaban J connectivity index is 3.19. The van der Waals surface area contributed by atoms with Gasteiger partial charge in [-0.2, -0.15) is 4.37 Å². The normalized spacial score (nSPS) is 9.62. The van der Waals surface area contributed by atoms with Gasteiger partial charge >= 0.3 is 0 Å². The fourth-order valence-corrected chi connectivity index (χ4v) is 0.973. The summed E-state index contributed by atoms with van der Waals surface area (Å²) in [7, 11) is 0. The van der Waals surface area contributed by atoms with Gasteiger partial charge in [-0.15, -0.1) is 0 Å². The summed E-state index contributed by atoms with van der Waals surface area (Å²) in [5, 5.41) is 0.846. The van der Waals surface area contributed by atoms with E-state index in [0.717, 1.165) is 11.5 Å². The van der Waals surface area contributed by atoms with Crippen LogP contribution in [0, 0.1) is 0 Å². The van der Waals surface area contributed by atoms with Gasteiger partial charge < -0.3 is 11.5 Å².